The average molecular weight is 182 g/mol. The Kier molecular flexibility index (Phi) is 1.78. The molecule has 4 heteroatoms. The lowest BCUT2D eigenvalue weighted by molar-refractivity contribution is -0.130. The van der Waals surface area contributed by atoms with Crippen LogP contribution in [0.15, 0.2) is 0 Å². The van der Waals surface area contributed by atoms with E-state index in [0.29, 0.717) is 6.42 Å². The second-order valence-electron chi connectivity index (χ2n) is 4.05. The van der Waals surface area contributed by atoms with Crippen molar-refractivity contribution >= 4 is 11.9 Å². The first-order valence-corrected chi connectivity index (χ1v) is 4.72. The van der Waals surface area contributed by atoms with E-state index in [1.165, 1.54) is 11.9 Å². The zero-order valence-corrected chi connectivity index (χ0v) is 7.80. The highest BCUT2D eigenvalue weighted by Gasteiger charge is 2.43. The van der Waals surface area contributed by atoms with E-state index in [1.54, 1.807) is 0 Å². The number of carbonyl (C=O) groups is 2. The van der Waals surface area contributed by atoms with Gasteiger partial charge in [0.25, 0.3) is 0 Å². The van der Waals surface area contributed by atoms with E-state index in [4.69, 9.17) is 0 Å². The summed E-state index contributed by atoms with van der Waals surface area (Å²) in [6, 6.07) is -0.238. The van der Waals surface area contributed by atoms with Gasteiger partial charge in [-0.3, -0.25) is 9.69 Å². The summed E-state index contributed by atoms with van der Waals surface area (Å²) in [4.78, 5) is 24.0. The lowest BCUT2D eigenvalue weighted by Crippen LogP contribution is -2.59. The average Bonchev–Trinajstić information content (AvgIpc) is 2.49. The number of carbonyl (C=O) groups excluding carboxylic acids is 2. The first-order chi connectivity index (χ1) is 6.13. The minimum absolute atomic E-state index is 0.0503. The van der Waals surface area contributed by atoms with Gasteiger partial charge >= 0.3 is 6.03 Å². The number of nitrogens with one attached hydrogen (secondary N) is 1. The van der Waals surface area contributed by atoms with Crippen LogP contribution < -0.4 is 5.32 Å². The van der Waals surface area contributed by atoms with E-state index in [0.717, 1.165) is 25.7 Å². The SMILES string of the molecule is CN1C(=O)CC2(CCCC2)NC1=O. The zero-order chi connectivity index (χ0) is 9.47. The van der Waals surface area contributed by atoms with Gasteiger partial charge in [-0.05, 0) is 12.8 Å². The first kappa shape index (κ1) is 8.53. The molecule has 1 saturated carbocycles. The monoisotopic (exact) mass is 182 g/mol. The molecule has 0 atom stereocenters. The molecule has 4 nitrogen and oxygen atoms in total. The molecule has 1 aliphatic carbocycles. The molecule has 2 aliphatic rings. The van der Waals surface area contributed by atoms with Crippen molar-refractivity contribution in [1.29, 1.82) is 0 Å². The Morgan fingerprint density at radius 2 is 1.92 bits per heavy atom. The molecule has 0 aromatic heterocycles. The summed E-state index contributed by atoms with van der Waals surface area (Å²) < 4.78 is 0. The highest BCUT2D eigenvalue weighted by molar-refractivity contribution is 5.97. The second kappa shape index (κ2) is 2.72. The van der Waals surface area contributed by atoms with Gasteiger partial charge in [-0.1, -0.05) is 12.8 Å². The molecule has 72 valence electrons. The van der Waals surface area contributed by atoms with Gasteiger partial charge in [0.1, 0.15) is 0 Å². The predicted octanol–water partition coefficient (Wildman–Crippen LogP) is 0.871. The maximum atomic E-state index is 11.4. The lowest BCUT2D eigenvalue weighted by atomic mass is 9.91. The Hall–Kier alpha value is -1.06. The number of imide groups is 1. The highest BCUT2D eigenvalue weighted by Crippen LogP contribution is 2.34. The largest absolute Gasteiger partial charge is 0.332 e. The number of amides is 3. The molecule has 13 heavy (non-hydrogen) atoms. The zero-order valence-electron chi connectivity index (χ0n) is 7.80. The third-order valence-corrected chi connectivity index (χ3v) is 3.10. The van der Waals surface area contributed by atoms with Crippen LogP contribution in [0.5, 0.6) is 0 Å². The summed E-state index contributed by atoms with van der Waals surface area (Å²) in [5.41, 5.74) is -0.194. The maximum absolute atomic E-state index is 11.4. The fraction of sp³-hybridized carbons (Fsp3) is 0.778. The van der Waals surface area contributed by atoms with Crippen LogP contribution in [-0.4, -0.2) is 29.4 Å². The molecule has 1 N–H and O–H groups in total. The van der Waals surface area contributed by atoms with Crippen LogP contribution in [0.3, 0.4) is 0 Å². The molecule has 0 aromatic rings. The summed E-state index contributed by atoms with van der Waals surface area (Å²) in [6.45, 7) is 0. The molecule has 3 amide bonds. The Bertz CT molecular complexity index is 236. The molecule has 0 aromatic carbocycles. The summed E-state index contributed by atoms with van der Waals surface area (Å²) in [6.07, 6.45) is 4.64. The summed E-state index contributed by atoms with van der Waals surface area (Å²) in [7, 11) is 1.53. The third kappa shape index (κ3) is 1.30. The van der Waals surface area contributed by atoms with Crippen LogP contribution in [0.1, 0.15) is 32.1 Å². The minimum Gasteiger partial charge on any atom is -0.332 e. The van der Waals surface area contributed by atoms with Crippen LogP contribution in [0, 0.1) is 0 Å². The standard InChI is InChI=1S/C9H14N2O2/c1-11-7(12)6-9(10-8(11)13)4-2-3-5-9/h2-6H2,1H3,(H,10,13). The van der Waals surface area contributed by atoms with Crippen LogP contribution in [-0.2, 0) is 4.79 Å². The van der Waals surface area contributed by atoms with Crippen LogP contribution in [0.4, 0.5) is 4.79 Å². The lowest BCUT2D eigenvalue weighted by Gasteiger charge is -2.37. The number of hydrogen-bond acceptors (Lipinski definition) is 2. The first-order valence-electron chi connectivity index (χ1n) is 4.72. The van der Waals surface area contributed by atoms with Gasteiger partial charge in [0.2, 0.25) is 5.91 Å². The van der Waals surface area contributed by atoms with Crippen molar-refractivity contribution in [2.24, 2.45) is 0 Å². The Labute approximate surface area is 77.3 Å². The molecule has 2 fully saturated rings. The van der Waals surface area contributed by atoms with E-state index in [-0.39, 0.29) is 17.5 Å². The Morgan fingerprint density at radius 1 is 1.31 bits per heavy atom. The van der Waals surface area contributed by atoms with E-state index >= 15 is 0 Å². The van der Waals surface area contributed by atoms with Crippen molar-refractivity contribution in [3.63, 3.8) is 0 Å². The van der Waals surface area contributed by atoms with E-state index in [1.807, 2.05) is 0 Å². The van der Waals surface area contributed by atoms with Gasteiger partial charge in [0.15, 0.2) is 0 Å². The quantitative estimate of drug-likeness (QED) is 0.604. The minimum atomic E-state index is -0.238. The number of nitrogens with zero attached hydrogens (tertiary/aromatic N) is 1. The van der Waals surface area contributed by atoms with E-state index < -0.39 is 0 Å². The van der Waals surface area contributed by atoms with Crippen molar-refractivity contribution in [1.82, 2.24) is 10.2 Å². The summed E-state index contributed by atoms with van der Waals surface area (Å²) in [5, 5.41) is 2.94. The molecule has 0 radical (unpaired) electrons. The van der Waals surface area contributed by atoms with Crippen LogP contribution in [0.2, 0.25) is 0 Å². The van der Waals surface area contributed by atoms with E-state index in [2.05, 4.69) is 5.32 Å². The maximum Gasteiger partial charge on any atom is 0.324 e. The molecule has 1 saturated heterocycles. The van der Waals surface area contributed by atoms with Crippen molar-refractivity contribution in [3.05, 3.63) is 0 Å². The second-order valence-corrected chi connectivity index (χ2v) is 4.05. The fourth-order valence-corrected chi connectivity index (χ4v) is 2.23. The molecule has 0 unspecified atom stereocenters. The summed E-state index contributed by atoms with van der Waals surface area (Å²) >= 11 is 0. The van der Waals surface area contributed by atoms with Crippen molar-refractivity contribution in [3.8, 4) is 0 Å². The third-order valence-electron chi connectivity index (χ3n) is 3.10. The molecule has 0 bridgehead atoms. The molecular weight excluding hydrogens is 168 g/mol. The number of urea groups is 1. The van der Waals surface area contributed by atoms with E-state index in [9.17, 15) is 9.59 Å². The van der Waals surface area contributed by atoms with Crippen molar-refractivity contribution < 1.29 is 9.59 Å². The molecule has 1 spiro atoms. The smallest absolute Gasteiger partial charge is 0.324 e. The van der Waals surface area contributed by atoms with Gasteiger partial charge in [-0.15, -0.1) is 0 Å². The van der Waals surface area contributed by atoms with Gasteiger partial charge < -0.3 is 5.32 Å². The van der Waals surface area contributed by atoms with Gasteiger partial charge in [0, 0.05) is 7.05 Å². The van der Waals surface area contributed by atoms with Gasteiger partial charge in [-0.2, -0.15) is 0 Å². The Balaban J connectivity index is 2.17. The van der Waals surface area contributed by atoms with Gasteiger partial charge in [-0.25, -0.2) is 4.79 Å². The molecular formula is C9H14N2O2. The number of hydrogen-bond donors (Lipinski definition) is 1. The highest BCUT2D eigenvalue weighted by atomic mass is 16.2. The van der Waals surface area contributed by atoms with Crippen molar-refractivity contribution in [2.75, 3.05) is 7.05 Å². The molecule has 2 rings (SSSR count). The topological polar surface area (TPSA) is 49.4 Å². The fourth-order valence-electron chi connectivity index (χ4n) is 2.23. The normalized spacial score (nSPS) is 26.7. The molecule has 1 heterocycles. The number of rotatable bonds is 0. The van der Waals surface area contributed by atoms with Crippen LogP contribution >= 0.6 is 0 Å². The Morgan fingerprint density at radius 3 is 2.46 bits per heavy atom. The predicted molar refractivity (Wildman–Crippen MR) is 47.1 cm³/mol. The van der Waals surface area contributed by atoms with Crippen molar-refractivity contribution in [2.45, 2.75) is 37.6 Å². The van der Waals surface area contributed by atoms with Gasteiger partial charge in [0.05, 0.1) is 12.0 Å². The van der Waals surface area contributed by atoms with Crippen LogP contribution in [0.25, 0.3) is 0 Å². The summed E-state index contributed by atoms with van der Waals surface area (Å²) in [5.74, 6) is -0.0503. The molecule has 1 aliphatic heterocycles.